The van der Waals surface area contributed by atoms with Crippen LogP contribution in [0.5, 0.6) is 0 Å². The summed E-state index contributed by atoms with van der Waals surface area (Å²) in [6.45, 7) is 3.73. The molecule has 2 N–H and O–H groups in total. The molecule has 2 fully saturated rings. The maximum absolute atomic E-state index is 13.5. The number of amides is 2. The minimum atomic E-state index is -0.513. The molecule has 5 rings (SSSR count). The van der Waals surface area contributed by atoms with E-state index in [9.17, 15) is 9.18 Å². The van der Waals surface area contributed by atoms with Crippen LogP contribution in [0.4, 0.5) is 14.9 Å². The van der Waals surface area contributed by atoms with E-state index in [2.05, 4.69) is 45.9 Å². The molecule has 2 aliphatic rings. The molecule has 3 aromatic rings. The van der Waals surface area contributed by atoms with Crippen molar-refractivity contribution in [3.63, 3.8) is 0 Å². The standard InChI is InChI=1S/C29H30Cl2FN3O/c30-24-3-1-2-22(16-24)21-6-8-23(9-7-21)29(12-14-35(15-13-29)18-20-4-5-20)19-33-28(36)34-25-10-11-27(32)26(31)17-25/h1-3,6-11,16-17,20H,4-5,12-15,18-19H2,(H2,33,34,36). The van der Waals surface area contributed by atoms with Gasteiger partial charge >= 0.3 is 6.03 Å². The minimum Gasteiger partial charge on any atom is -0.337 e. The summed E-state index contributed by atoms with van der Waals surface area (Å²) >= 11 is 12.1. The van der Waals surface area contributed by atoms with Crippen molar-refractivity contribution in [1.29, 1.82) is 0 Å². The van der Waals surface area contributed by atoms with E-state index in [-0.39, 0.29) is 16.5 Å². The number of piperidine rings is 1. The second-order valence-electron chi connectivity index (χ2n) is 10.0. The maximum Gasteiger partial charge on any atom is 0.319 e. The van der Waals surface area contributed by atoms with Gasteiger partial charge in [0.1, 0.15) is 5.82 Å². The van der Waals surface area contributed by atoms with Gasteiger partial charge in [-0.25, -0.2) is 9.18 Å². The van der Waals surface area contributed by atoms with Crippen LogP contribution in [0.3, 0.4) is 0 Å². The number of carbonyl (C=O) groups is 1. The van der Waals surface area contributed by atoms with E-state index >= 15 is 0 Å². The fourth-order valence-corrected chi connectivity index (χ4v) is 5.45. The van der Waals surface area contributed by atoms with Gasteiger partial charge in [-0.3, -0.25) is 0 Å². The second-order valence-corrected chi connectivity index (χ2v) is 10.9. The Kier molecular flexibility index (Phi) is 7.52. The number of hydrogen-bond donors (Lipinski definition) is 2. The molecule has 0 unspecified atom stereocenters. The van der Waals surface area contributed by atoms with Crippen LogP contribution in [-0.4, -0.2) is 37.1 Å². The summed E-state index contributed by atoms with van der Waals surface area (Å²) in [7, 11) is 0. The average molecular weight is 526 g/mol. The molecule has 1 aliphatic heterocycles. The third-order valence-electron chi connectivity index (χ3n) is 7.45. The number of anilines is 1. The molecule has 2 amide bonds. The highest BCUT2D eigenvalue weighted by Crippen LogP contribution is 2.38. The van der Waals surface area contributed by atoms with Crippen molar-refractivity contribution in [3.8, 4) is 11.1 Å². The van der Waals surface area contributed by atoms with Crippen molar-refractivity contribution in [2.24, 2.45) is 5.92 Å². The Morgan fingerprint density at radius 2 is 1.72 bits per heavy atom. The van der Waals surface area contributed by atoms with Crippen molar-refractivity contribution >= 4 is 34.9 Å². The second kappa shape index (κ2) is 10.8. The predicted octanol–water partition coefficient (Wildman–Crippen LogP) is 7.36. The van der Waals surface area contributed by atoms with Gasteiger partial charge in [0.2, 0.25) is 0 Å². The van der Waals surface area contributed by atoms with E-state index in [1.54, 1.807) is 0 Å². The van der Waals surface area contributed by atoms with Crippen molar-refractivity contribution in [2.75, 3.05) is 31.5 Å². The lowest BCUT2D eigenvalue weighted by atomic mass is 9.72. The van der Waals surface area contributed by atoms with Gasteiger partial charge in [-0.15, -0.1) is 0 Å². The molecule has 4 nitrogen and oxygen atoms in total. The van der Waals surface area contributed by atoms with E-state index in [1.807, 2.05) is 18.2 Å². The summed E-state index contributed by atoms with van der Waals surface area (Å²) < 4.78 is 13.5. The van der Waals surface area contributed by atoms with Gasteiger partial charge in [0.05, 0.1) is 5.02 Å². The van der Waals surface area contributed by atoms with Crippen LogP contribution in [0.25, 0.3) is 11.1 Å². The van der Waals surface area contributed by atoms with Crippen LogP contribution in [0.2, 0.25) is 10.0 Å². The van der Waals surface area contributed by atoms with Crippen LogP contribution in [0, 0.1) is 11.7 Å². The van der Waals surface area contributed by atoms with Gasteiger partial charge in [-0.05, 0) is 91.7 Å². The number of urea groups is 1. The molecular weight excluding hydrogens is 496 g/mol. The van der Waals surface area contributed by atoms with Crippen LogP contribution in [0.1, 0.15) is 31.2 Å². The SMILES string of the molecule is O=C(NCC1(c2ccc(-c3cccc(Cl)c3)cc2)CCN(CC2CC2)CC1)Nc1ccc(F)c(Cl)c1. The molecule has 1 aliphatic carbocycles. The topological polar surface area (TPSA) is 44.4 Å². The number of likely N-dealkylation sites (tertiary alicyclic amines) is 1. The smallest absolute Gasteiger partial charge is 0.319 e. The van der Waals surface area contributed by atoms with Crippen LogP contribution >= 0.6 is 23.2 Å². The summed E-state index contributed by atoms with van der Waals surface area (Å²) in [6.07, 6.45) is 4.64. The van der Waals surface area contributed by atoms with E-state index in [1.165, 1.54) is 43.1 Å². The zero-order valence-corrected chi connectivity index (χ0v) is 21.6. The largest absolute Gasteiger partial charge is 0.337 e. The molecule has 1 saturated heterocycles. The summed E-state index contributed by atoms with van der Waals surface area (Å²) in [6, 6.07) is 20.3. The molecule has 1 saturated carbocycles. The van der Waals surface area contributed by atoms with E-state index in [0.717, 1.165) is 43.0 Å². The van der Waals surface area contributed by atoms with Gasteiger partial charge in [0, 0.05) is 29.2 Å². The van der Waals surface area contributed by atoms with E-state index < -0.39 is 5.82 Å². The molecule has 0 atom stereocenters. The van der Waals surface area contributed by atoms with E-state index in [0.29, 0.717) is 17.3 Å². The molecule has 0 radical (unpaired) electrons. The van der Waals surface area contributed by atoms with Gasteiger partial charge < -0.3 is 15.5 Å². The summed E-state index contributed by atoms with van der Waals surface area (Å²) in [4.78, 5) is 15.3. The first kappa shape index (κ1) is 25.1. The highest BCUT2D eigenvalue weighted by atomic mass is 35.5. The number of halogens is 3. The Labute approximate surface area is 221 Å². The molecular formula is C29H30Cl2FN3O. The van der Waals surface area contributed by atoms with E-state index in [4.69, 9.17) is 23.2 Å². The number of nitrogens with one attached hydrogen (secondary N) is 2. The van der Waals surface area contributed by atoms with Gasteiger partial charge in [0.25, 0.3) is 0 Å². The number of rotatable bonds is 7. The predicted molar refractivity (Wildman–Crippen MR) is 145 cm³/mol. The quantitative estimate of drug-likeness (QED) is 0.338. The highest BCUT2D eigenvalue weighted by molar-refractivity contribution is 6.31. The number of benzene rings is 3. The van der Waals surface area contributed by atoms with Crippen LogP contribution in [0.15, 0.2) is 66.7 Å². The molecule has 36 heavy (non-hydrogen) atoms. The first-order valence-electron chi connectivity index (χ1n) is 12.5. The monoisotopic (exact) mass is 525 g/mol. The Morgan fingerprint density at radius 1 is 0.972 bits per heavy atom. The summed E-state index contributed by atoms with van der Waals surface area (Å²) in [5.41, 5.74) is 3.71. The number of nitrogens with zero attached hydrogens (tertiary/aromatic N) is 1. The lowest BCUT2D eigenvalue weighted by Crippen LogP contribution is -2.50. The van der Waals surface area contributed by atoms with Crippen molar-refractivity contribution in [3.05, 3.63) is 88.2 Å². The molecule has 7 heteroatoms. The maximum atomic E-state index is 13.5. The van der Waals surface area contributed by atoms with Gasteiger partial charge in [-0.1, -0.05) is 59.6 Å². The zero-order chi connectivity index (χ0) is 25.1. The fourth-order valence-electron chi connectivity index (χ4n) is 5.08. The lowest BCUT2D eigenvalue weighted by Gasteiger charge is -2.42. The van der Waals surface area contributed by atoms with Crippen molar-refractivity contribution in [2.45, 2.75) is 31.1 Å². The third kappa shape index (κ3) is 6.03. The molecule has 0 bridgehead atoms. The normalized spacial score (nSPS) is 17.5. The first-order chi connectivity index (χ1) is 17.4. The fraction of sp³-hybridized carbons (Fsp3) is 0.345. The minimum absolute atomic E-state index is 0.0212. The lowest BCUT2D eigenvalue weighted by molar-refractivity contribution is 0.152. The zero-order valence-electron chi connectivity index (χ0n) is 20.1. The van der Waals surface area contributed by atoms with Crippen molar-refractivity contribution < 1.29 is 9.18 Å². The molecule has 188 valence electrons. The van der Waals surface area contributed by atoms with Crippen LogP contribution < -0.4 is 10.6 Å². The molecule has 0 spiro atoms. The molecule has 0 aromatic heterocycles. The molecule has 3 aromatic carbocycles. The summed E-state index contributed by atoms with van der Waals surface area (Å²) in [5, 5.41) is 6.54. The highest BCUT2D eigenvalue weighted by Gasteiger charge is 2.38. The molecule has 1 heterocycles. The van der Waals surface area contributed by atoms with Gasteiger partial charge in [0.15, 0.2) is 0 Å². The first-order valence-corrected chi connectivity index (χ1v) is 13.2. The Morgan fingerprint density at radius 3 is 2.39 bits per heavy atom. The Bertz CT molecular complexity index is 1220. The third-order valence-corrected chi connectivity index (χ3v) is 7.97. The van der Waals surface area contributed by atoms with Gasteiger partial charge in [-0.2, -0.15) is 0 Å². The Balaban J connectivity index is 1.31. The average Bonchev–Trinajstić information content (AvgIpc) is 3.70. The number of hydrogen-bond acceptors (Lipinski definition) is 2. The van der Waals surface area contributed by atoms with Crippen LogP contribution in [-0.2, 0) is 5.41 Å². The van der Waals surface area contributed by atoms with Crippen molar-refractivity contribution in [1.82, 2.24) is 10.2 Å². The summed E-state index contributed by atoms with van der Waals surface area (Å²) in [5.74, 6) is 0.349. The Hall–Kier alpha value is -2.60. The number of carbonyl (C=O) groups excluding carboxylic acids is 1.